The molecule has 0 bridgehead atoms. The minimum Gasteiger partial charge on any atom is -0.493 e. The molecule has 0 radical (unpaired) electrons. The Hall–Kier alpha value is -1.85. The summed E-state index contributed by atoms with van der Waals surface area (Å²) in [4.78, 5) is 0. The Bertz CT molecular complexity index is 1070. The Morgan fingerprint density at radius 3 is 2.26 bits per heavy atom. The molecule has 39 heavy (non-hydrogen) atoms. The van der Waals surface area contributed by atoms with Crippen LogP contribution in [0.3, 0.4) is 0 Å². The monoisotopic (exact) mass is 570 g/mol. The first kappa shape index (κ1) is 30.1. The molecule has 1 heterocycles. The summed E-state index contributed by atoms with van der Waals surface area (Å²) >= 11 is 6.48. The molecule has 4 N–H and O–H groups in total. The largest absolute Gasteiger partial charge is 0.493 e. The van der Waals surface area contributed by atoms with E-state index in [0.29, 0.717) is 47.8 Å². The Kier molecular flexibility index (Phi) is 9.86. The van der Waals surface area contributed by atoms with E-state index in [1.807, 2.05) is 24.3 Å². The maximum Gasteiger partial charge on any atom is 0.224 e. The summed E-state index contributed by atoms with van der Waals surface area (Å²) in [6, 6.07) is 12.5. The Balaban J connectivity index is 1.42. The molecule has 1 unspecified atom stereocenters. The molecule has 1 aliphatic carbocycles. The summed E-state index contributed by atoms with van der Waals surface area (Å²) in [6.45, 7) is -1.31. The summed E-state index contributed by atoms with van der Waals surface area (Å²) in [5.74, 6) is -0.852. The molecule has 1 saturated heterocycles. The molecule has 1 aliphatic heterocycles. The van der Waals surface area contributed by atoms with E-state index < -0.39 is 55.6 Å². The molecular formula is C29H37ClF2O7. The topological polar surface area (TPSA) is 109 Å². The van der Waals surface area contributed by atoms with Gasteiger partial charge in [-0.3, -0.25) is 8.78 Å². The highest BCUT2D eigenvalue weighted by molar-refractivity contribution is 6.31. The highest BCUT2D eigenvalue weighted by Crippen LogP contribution is 2.41. The highest BCUT2D eigenvalue weighted by atomic mass is 35.5. The zero-order valence-corrected chi connectivity index (χ0v) is 22.7. The zero-order valence-electron chi connectivity index (χ0n) is 21.9. The van der Waals surface area contributed by atoms with Crippen molar-refractivity contribution in [2.75, 3.05) is 33.7 Å². The van der Waals surface area contributed by atoms with Gasteiger partial charge in [-0.15, -0.1) is 0 Å². The quantitative estimate of drug-likeness (QED) is 0.345. The van der Waals surface area contributed by atoms with Gasteiger partial charge in [0.25, 0.3) is 0 Å². The lowest BCUT2D eigenvalue weighted by Gasteiger charge is -2.47. The van der Waals surface area contributed by atoms with Gasteiger partial charge in [0.15, 0.2) is 0 Å². The van der Waals surface area contributed by atoms with Crippen LogP contribution in [-0.4, -0.2) is 78.5 Å². The van der Waals surface area contributed by atoms with Crippen LogP contribution >= 0.6 is 11.6 Å². The van der Waals surface area contributed by atoms with Gasteiger partial charge in [-0.25, -0.2) is 0 Å². The number of halogens is 3. The highest BCUT2D eigenvalue weighted by Gasteiger charge is 2.55. The lowest BCUT2D eigenvalue weighted by atomic mass is 9.72. The van der Waals surface area contributed by atoms with Gasteiger partial charge in [-0.2, -0.15) is 0 Å². The fourth-order valence-electron chi connectivity index (χ4n) is 5.49. The Labute approximate surface area is 232 Å². The number of alkyl halides is 2. The molecule has 216 valence electrons. The van der Waals surface area contributed by atoms with Gasteiger partial charge in [-0.1, -0.05) is 29.8 Å². The average molecular weight is 571 g/mol. The summed E-state index contributed by atoms with van der Waals surface area (Å²) in [5.41, 5.74) is 1.22. The van der Waals surface area contributed by atoms with E-state index in [2.05, 4.69) is 0 Å². The smallest absolute Gasteiger partial charge is 0.224 e. The molecule has 0 spiro atoms. The van der Waals surface area contributed by atoms with Crippen molar-refractivity contribution in [3.8, 4) is 5.75 Å². The number of benzene rings is 2. The molecule has 7 nitrogen and oxygen atoms in total. The lowest BCUT2D eigenvalue weighted by Crippen LogP contribution is -2.64. The van der Waals surface area contributed by atoms with E-state index in [1.165, 1.54) is 7.11 Å². The van der Waals surface area contributed by atoms with Crippen LogP contribution < -0.4 is 4.74 Å². The number of hydrogen-bond donors (Lipinski definition) is 4. The van der Waals surface area contributed by atoms with Gasteiger partial charge in [-0.05, 0) is 73.4 Å². The van der Waals surface area contributed by atoms with Gasteiger partial charge in [0, 0.05) is 23.1 Å². The van der Waals surface area contributed by atoms with Crippen LogP contribution in [0.15, 0.2) is 42.5 Å². The second-order valence-corrected chi connectivity index (χ2v) is 11.2. The van der Waals surface area contributed by atoms with Crippen molar-refractivity contribution in [1.29, 1.82) is 0 Å². The van der Waals surface area contributed by atoms with Crippen LogP contribution in [0.25, 0.3) is 0 Å². The van der Waals surface area contributed by atoms with E-state index in [0.717, 1.165) is 18.4 Å². The fourth-order valence-corrected chi connectivity index (χ4v) is 5.68. The number of methoxy groups -OCH3 is 1. The van der Waals surface area contributed by atoms with Gasteiger partial charge < -0.3 is 34.6 Å². The summed E-state index contributed by atoms with van der Waals surface area (Å²) in [6.07, 6.45) is -2.87. The van der Waals surface area contributed by atoms with Crippen molar-refractivity contribution in [1.82, 2.24) is 0 Å². The summed E-state index contributed by atoms with van der Waals surface area (Å²) in [7, 11) is 1.31. The van der Waals surface area contributed by atoms with Crippen molar-refractivity contribution in [3.05, 3.63) is 64.2 Å². The van der Waals surface area contributed by atoms with Gasteiger partial charge in [0.1, 0.15) is 30.2 Å². The minimum absolute atomic E-state index is 0.271. The van der Waals surface area contributed by atoms with Crippen molar-refractivity contribution in [2.24, 2.45) is 11.3 Å². The zero-order chi connectivity index (χ0) is 28.2. The maximum atomic E-state index is 13.2. The third-order valence-electron chi connectivity index (χ3n) is 8.24. The lowest BCUT2D eigenvalue weighted by molar-refractivity contribution is -0.366. The molecule has 2 fully saturated rings. The standard InChI is InChI=1S/C29H37ClF2O7/c1-37-29(27(36)26(35)25(34)24(14-33)39-29)21-4-7-23(30)20(13-21)12-18-2-5-22(6-3-18)38-15-19-8-10-28(16-31,17-32)11-9-19/h2-7,13,19,24-27,33-36H,8-12,14-17H2,1H3/t24-,25-,26+,27-,29?/m1/s1. The molecule has 2 aliphatic rings. The Morgan fingerprint density at radius 2 is 1.67 bits per heavy atom. The molecule has 1 saturated carbocycles. The van der Waals surface area contributed by atoms with Crippen LogP contribution in [0, 0.1) is 11.3 Å². The first-order chi connectivity index (χ1) is 18.7. The number of aliphatic hydroxyl groups is 4. The molecule has 0 aromatic heterocycles. The van der Waals surface area contributed by atoms with E-state index in [9.17, 15) is 29.2 Å². The average Bonchev–Trinajstić information content (AvgIpc) is 2.97. The SMILES string of the molecule is COC1(c2ccc(Cl)c(Cc3ccc(OCC4CCC(CF)(CF)CC4)cc3)c2)O[C@H](CO)[C@@H](O)[C@H](O)[C@H]1O. The van der Waals surface area contributed by atoms with Gasteiger partial charge in [0.05, 0.1) is 26.6 Å². The van der Waals surface area contributed by atoms with E-state index >= 15 is 0 Å². The van der Waals surface area contributed by atoms with Crippen LogP contribution in [-0.2, 0) is 21.7 Å². The van der Waals surface area contributed by atoms with Crippen LogP contribution in [0.2, 0.25) is 5.02 Å². The molecule has 2 aromatic rings. The minimum atomic E-state index is -1.82. The van der Waals surface area contributed by atoms with Crippen molar-refractivity contribution < 1.29 is 43.4 Å². The molecule has 0 amide bonds. The fraction of sp³-hybridized carbons (Fsp3) is 0.586. The van der Waals surface area contributed by atoms with Crippen LogP contribution in [0.4, 0.5) is 8.78 Å². The van der Waals surface area contributed by atoms with Crippen LogP contribution in [0.5, 0.6) is 5.75 Å². The van der Waals surface area contributed by atoms with Crippen LogP contribution in [0.1, 0.15) is 42.4 Å². The third-order valence-corrected chi connectivity index (χ3v) is 8.61. The summed E-state index contributed by atoms with van der Waals surface area (Å²) < 4.78 is 43.7. The van der Waals surface area contributed by atoms with Crippen molar-refractivity contribution >= 4 is 11.6 Å². The van der Waals surface area contributed by atoms with Gasteiger partial charge in [0.2, 0.25) is 5.79 Å². The summed E-state index contributed by atoms with van der Waals surface area (Å²) in [5, 5.41) is 41.4. The molecule has 5 atom stereocenters. The Morgan fingerprint density at radius 1 is 1.00 bits per heavy atom. The van der Waals surface area contributed by atoms with Crippen molar-refractivity contribution in [2.45, 2.75) is 62.3 Å². The molecule has 2 aromatic carbocycles. The second-order valence-electron chi connectivity index (χ2n) is 10.8. The number of hydrogen-bond acceptors (Lipinski definition) is 7. The van der Waals surface area contributed by atoms with Gasteiger partial charge >= 0.3 is 0 Å². The van der Waals surface area contributed by atoms with E-state index in [4.69, 9.17) is 25.8 Å². The van der Waals surface area contributed by atoms with E-state index in [-0.39, 0.29) is 5.92 Å². The van der Waals surface area contributed by atoms with Crippen molar-refractivity contribution in [3.63, 3.8) is 0 Å². The first-order valence-corrected chi connectivity index (χ1v) is 13.6. The molecular weight excluding hydrogens is 534 g/mol. The van der Waals surface area contributed by atoms with E-state index in [1.54, 1.807) is 18.2 Å². The predicted octanol–water partition coefficient (Wildman–Crippen LogP) is 3.70. The predicted molar refractivity (Wildman–Crippen MR) is 141 cm³/mol. The maximum absolute atomic E-state index is 13.2. The first-order valence-electron chi connectivity index (χ1n) is 13.2. The second kappa shape index (κ2) is 12.8. The third kappa shape index (κ3) is 6.25. The molecule has 10 heteroatoms. The number of aliphatic hydroxyl groups excluding tert-OH is 4. The number of rotatable bonds is 10. The number of ether oxygens (including phenoxy) is 3. The molecule has 4 rings (SSSR count). The normalized spacial score (nSPS) is 29.3.